The first kappa shape index (κ1) is 12.9. The molecule has 1 heterocycles. The highest BCUT2D eigenvalue weighted by Crippen LogP contribution is 2.23. The lowest BCUT2D eigenvalue weighted by atomic mass is 9.91. The van der Waals surface area contributed by atoms with E-state index < -0.39 is 0 Å². The summed E-state index contributed by atoms with van der Waals surface area (Å²) in [6, 6.07) is 0. The fourth-order valence-electron chi connectivity index (χ4n) is 2.32. The Morgan fingerprint density at radius 3 is 2.13 bits per heavy atom. The van der Waals surface area contributed by atoms with E-state index >= 15 is 0 Å². The SMILES string of the molecule is CC1CC(C)CN(C(=O)C(S)C(C)C)C1. The Balaban J connectivity index is 2.59. The van der Waals surface area contributed by atoms with Crippen molar-refractivity contribution < 1.29 is 4.79 Å². The Morgan fingerprint density at radius 1 is 1.27 bits per heavy atom. The maximum absolute atomic E-state index is 12.1. The van der Waals surface area contributed by atoms with E-state index in [9.17, 15) is 4.79 Å². The zero-order valence-corrected chi connectivity index (χ0v) is 11.1. The molecule has 1 fully saturated rings. The minimum atomic E-state index is -0.137. The van der Waals surface area contributed by atoms with Crippen LogP contribution < -0.4 is 0 Å². The largest absolute Gasteiger partial charge is 0.341 e. The molecule has 1 rings (SSSR count). The van der Waals surface area contributed by atoms with Gasteiger partial charge in [-0.15, -0.1) is 0 Å². The first-order chi connectivity index (χ1) is 6.91. The van der Waals surface area contributed by atoms with E-state index in [2.05, 4.69) is 26.5 Å². The monoisotopic (exact) mass is 229 g/mol. The zero-order valence-electron chi connectivity index (χ0n) is 10.2. The van der Waals surface area contributed by atoms with Crippen molar-refractivity contribution in [3.05, 3.63) is 0 Å². The fraction of sp³-hybridized carbons (Fsp3) is 0.917. The molecule has 3 atom stereocenters. The summed E-state index contributed by atoms with van der Waals surface area (Å²) in [7, 11) is 0. The van der Waals surface area contributed by atoms with E-state index in [1.807, 2.05) is 18.7 Å². The van der Waals surface area contributed by atoms with Gasteiger partial charge >= 0.3 is 0 Å². The van der Waals surface area contributed by atoms with Gasteiger partial charge in [0, 0.05) is 13.1 Å². The van der Waals surface area contributed by atoms with Crippen LogP contribution in [0.4, 0.5) is 0 Å². The van der Waals surface area contributed by atoms with E-state index in [1.54, 1.807) is 0 Å². The van der Waals surface area contributed by atoms with Crippen molar-refractivity contribution in [1.82, 2.24) is 4.90 Å². The number of rotatable bonds is 2. The van der Waals surface area contributed by atoms with Crippen LogP contribution in [0.2, 0.25) is 0 Å². The molecule has 0 saturated carbocycles. The topological polar surface area (TPSA) is 20.3 Å². The molecule has 1 aliphatic heterocycles. The van der Waals surface area contributed by atoms with Crippen molar-refractivity contribution >= 4 is 18.5 Å². The van der Waals surface area contributed by atoms with Crippen LogP contribution in [0.3, 0.4) is 0 Å². The van der Waals surface area contributed by atoms with Gasteiger partial charge in [-0.3, -0.25) is 4.79 Å². The van der Waals surface area contributed by atoms with Gasteiger partial charge < -0.3 is 4.90 Å². The summed E-state index contributed by atoms with van der Waals surface area (Å²) < 4.78 is 0. The molecule has 0 spiro atoms. The van der Waals surface area contributed by atoms with Gasteiger partial charge in [0.2, 0.25) is 5.91 Å². The van der Waals surface area contributed by atoms with Crippen molar-refractivity contribution in [2.45, 2.75) is 39.4 Å². The number of hydrogen-bond donors (Lipinski definition) is 1. The Kier molecular flexibility index (Phi) is 4.50. The molecule has 3 unspecified atom stereocenters. The van der Waals surface area contributed by atoms with Crippen molar-refractivity contribution in [3.8, 4) is 0 Å². The van der Waals surface area contributed by atoms with Crippen LogP contribution in [0, 0.1) is 17.8 Å². The van der Waals surface area contributed by atoms with Gasteiger partial charge in [-0.05, 0) is 24.2 Å². The van der Waals surface area contributed by atoms with Crippen molar-refractivity contribution in [3.63, 3.8) is 0 Å². The third kappa shape index (κ3) is 3.40. The number of carbonyl (C=O) groups excluding carboxylic acids is 1. The molecule has 0 N–H and O–H groups in total. The summed E-state index contributed by atoms with van der Waals surface area (Å²) >= 11 is 4.40. The molecule has 88 valence electrons. The lowest BCUT2D eigenvalue weighted by Crippen LogP contribution is -2.46. The molecule has 2 nitrogen and oxygen atoms in total. The third-order valence-electron chi connectivity index (χ3n) is 3.07. The first-order valence-electron chi connectivity index (χ1n) is 5.88. The molecule has 0 aromatic carbocycles. The van der Waals surface area contributed by atoms with E-state index in [0.29, 0.717) is 17.8 Å². The quantitative estimate of drug-likeness (QED) is 0.721. The van der Waals surface area contributed by atoms with E-state index in [1.165, 1.54) is 6.42 Å². The predicted molar refractivity (Wildman–Crippen MR) is 67.1 cm³/mol. The first-order valence-corrected chi connectivity index (χ1v) is 6.40. The number of carbonyl (C=O) groups is 1. The molecule has 1 amide bonds. The standard InChI is InChI=1S/C12H23NOS/c1-8(2)11(15)12(14)13-6-9(3)5-10(4)7-13/h8-11,15H,5-7H2,1-4H3. The van der Waals surface area contributed by atoms with Gasteiger partial charge in [0.1, 0.15) is 0 Å². The number of amides is 1. The summed E-state index contributed by atoms with van der Waals surface area (Å²) in [5.41, 5.74) is 0. The predicted octanol–water partition coefficient (Wildman–Crippen LogP) is 2.45. The molecule has 1 aliphatic rings. The Labute approximate surface area is 98.8 Å². The highest BCUT2D eigenvalue weighted by atomic mass is 32.1. The van der Waals surface area contributed by atoms with E-state index in [4.69, 9.17) is 0 Å². The number of piperidine rings is 1. The van der Waals surface area contributed by atoms with Crippen LogP contribution in [0.5, 0.6) is 0 Å². The molecule has 1 saturated heterocycles. The van der Waals surface area contributed by atoms with Gasteiger partial charge in [0.05, 0.1) is 5.25 Å². The second-order valence-electron chi connectivity index (χ2n) is 5.38. The molecule has 0 bridgehead atoms. The van der Waals surface area contributed by atoms with E-state index in [-0.39, 0.29) is 11.2 Å². The van der Waals surface area contributed by atoms with Gasteiger partial charge in [0.15, 0.2) is 0 Å². The Morgan fingerprint density at radius 2 is 1.73 bits per heavy atom. The minimum absolute atomic E-state index is 0.137. The fourth-order valence-corrected chi connectivity index (χ4v) is 2.48. The van der Waals surface area contributed by atoms with Crippen LogP contribution >= 0.6 is 12.6 Å². The molecular formula is C12H23NOS. The van der Waals surface area contributed by atoms with E-state index in [0.717, 1.165) is 13.1 Å². The summed E-state index contributed by atoms with van der Waals surface area (Å²) in [6.07, 6.45) is 1.24. The van der Waals surface area contributed by atoms with Crippen LogP contribution in [-0.2, 0) is 4.79 Å². The van der Waals surface area contributed by atoms with Gasteiger partial charge in [-0.1, -0.05) is 27.7 Å². The van der Waals surface area contributed by atoms with Crippen molar-refractivity contribution in [1.29, 1.82) is 0 Å². The van der Waals surface area contributed by atoms with Crippen LogP contribution in [0.15, 0.2) is 0 Å². The minimum Gasteiger partial charge on any atom is -0.341 e. The molecule has 3 heteroatoms. The van der Waals surface area contributed by atoms with Gasteiger partial charge in [0.25, 0.3) is 0 Å². The van der Waals surface area contributed by atoms with Crippen LogP contribution in [0.25, 0.3) is 0 Å². The van der Waals surface area contributed by atoms with Gasteiger partial charge in [-0.2, -0.15) is 12.6 Å². The number of nitrogens with zero attached hydrogens (tertiary/aromatic N) is 1. The van der Waals surface area contributed by atoms with Crippen molar-refractivity contribution in [2.24, 2.45) is 17.8 Å². The van der Waals surface area contributed by atoms with Crippen LogP contribution in [0.1, 0.15) is 34.1 Å². The lowest BCUT2D eigenvalue weighted by molar-refractivity contribution is -0.133. The maximum atomic E-state index is 12.1. The normalized spacial score (nSPS) is 29.3. The summed E-state index contributed by atoms with van der Waals surface area (Å²) in [5.74, 6) is 1.79. The maximum Gasteiger partial charge on any atom is 0.235 e. The van der Waals surface area contributed by atoms with Crippen molar-refractivity contribution in [2.75, 3.05) is 13.1 Å². The average Bonchev–Trinajstić information content (AvgIpc) is 2.13. The summed E-state index contributed by atoms with van der Waals surface area (Å²) in [5, 5.41) is -0.137. The summed E-state index contributed by atoms with van der Waals surface area (Å²) in [4.78, 5) is 14.1. The second kappa shape index (κ2) is 5.24. The Hall–Kier alpha value is -0.180. The molecule has 0 aliphatic carbocycles. The van der Waals surface area contributed by atoms with Gasteiger partial charge in [-0.25, -0.2) is 0 Å². The molecule has 15 heavy (non-hydrogen) atoms. The number of thiol groups is 1. The molecule has 0 aromatic heterocycles. The smallest absolute Gasteiger partial charge is 0.235 e. The lowest BCUT2D eigenvalue weighted by Gasteiger charge is -2.36. The molecule has 0 radical (unpaired) electrons. The second-order valence-corrected chi connectivity index (χ2v) is 5.93. The highest BCUT2D eigenvalue weighted by Gasteiger charge is 2.29. The molecule has 0 aromatic rings. The summed E-state index contributed by atoms with van der Waals surface area (Å²) in [6.45, 7) is 10.4. The number of likely N-dealkylation sites (tertiary alicyclic amines) is 1. The molecular weight excluding hydrogens is 206 g/mol. The zero-order chi connectivity index (χ0) is 11.6. The number of hydrogen-bond acceptors (Lipinski definition) is 2. The highest BCUT2D eigenvalue weighted by molar-refractivity contribution is 7.81. The Bertz CT molecular complexity index is 220. The van der Waals surface area contributed by atoms with Crippen LogP contribution in [-0.4, -0.2) is 29.1 Å². The third-order valence-corrected chi connectivity index (χ3v) is 3.88. The average molecular weight is 229 g/mol.